The third kappa shape index (κ3) is 8.30. The van der Waals surface area contributed by atoms with Crippen molar-refractivity contribution in [1.82, 2.24) is 38.7 Å². The first-order valence-corrected chi connectivity index (χ1v) is 17.4. The van der Waals surface area contributed by atoms with E-state index in [0.29, 0.717) is 76.4 Å². The number of halogens is 4. The maximum Gasteiger partial charge on any atom is 0.220 e. The number of rotatable bonds is 10. The van der Waals surface area contributed by atoms with Gasteiger partial charge in [-0.25, -0.2) is 26.9 Å². The molecule has 4 aromatic carbocycles. The summed E-state index contributed by atoms with van der Waals surface area (Å²) in [6.45, 7) is 4.75. The molecule has 270 valence electrons. The molecule has 1 aliphatic heterocycles. The van der Waals surface area contributed by atoms with E-state index in [1.54, 1.807) is 70.3 Å². The maximum atomic E-state index is 14.3. The Kier molecular flexibility index (Phi) is 10.6. The molecule has 1 unspecified atom stereocenters. The van der Waals surface area contributed by atoms with Gasteiger partial charge in [-0.1, -0.05) is 48.5 Å². The van der Waals surface area contributed by atoms with Crippen molar-refractivity contribution < 1.29 is 17.6 Å². The minimum Gasteiger partial charge on any atom is -0.281 e. The highest BCUT2D eigenvalue weighted by molar-refractivity contribution is 7.71. The van der Waals surface area contributed by atoms with E-state index < -0.39 is 11.6 Å². The molecule has 2 aromatic heterocycles. The molecule has 6 aromatic rings. The first-order valence-electron chi connectivity index (χ1n) is 16.6. The maximum absolute atomic E-state index is 14.3. The summed E-state index contributed by atoms with van der Waals surface area (Å²) in [5.74, 6) is -0.842. The van der Waals surface area contributed by atoms with Gasteiger partial charge in [0.1, 0.15) is 23.3 Å². The fourth-order valence-electron chi connectivity index (χ4n) is 5.92. The van der Waals surface area contributed by atoms with Crippen LogP contribution in [0.5, 0.6) is 0 Å². The molecule has 0 radical (unpaired) electrons. The highest BCUT2D eigenvalue weighted by Gasteiger charge is 2.26. The summed E-state index contributed by atoms with van der Waals surface area (Å²) in [7, 11) is 0. The second-order valence-electron chi connectivity index (χ2n) is 12.5. The molecule has 1 saturated heterocycles. The Balaban J connectivity index is 1.10. The summed E-state index contributed by atoms with van der Waals surface area (Å²) in [6.07, 6.45) is 3.09. The predicted molar refractivity (Wildman–Crippen MR) is 199 cm³/mol. The van der Waals surface area contributed by atoms with Crippen molar-refractivity contribution in [3.63, 3.8) is 0 Å². The fourth-order valence-corrected chi connectivity index (χ4v) is 6.39. The second kappa shape index (κ2) is 15.7. The molecule has 53 heavy (non-hydrogen) atoms. The molecule has 0 saturated carbocycles. The van der Waals surface area contributed by atoms with Crippen LogP contribution in [0.3, 0.4) is 0 Å². The Morgan fingerprint density at radius 3 is 1.57 bits per heavy atom. The molecule has 7 rings (SSSR count). The minimum absolute atomic E-state index is 0.0478. The average molecular weight is 757 g/mol. The number of hydrogen-bond donors (Lipinski definition) is 0. The zero-order valence-electron chi connectivity index (χ0n) is 28.3. The Morgan fingerprint density at radius 2 is 1.11 bits per heavy atom. The SMILES string of the molecule is CC1CN(Cn2nc(-c3cccc(F)c3)n(/N=C/c3ccc(F)cc3)c2=S)CCN1Cn1nc(-c2cccc(F)c2)n(/N=C/c2ccc(F)cc2)c1=S. The van der Waals surface area contributed by atoms with Crippen molar-refractivity contribution >= 4 is 36.9 Å². The predicted octanol–water partition coefficient (Wildman–Crippen LogP) is 7.42. The van der Waals surface area contributed by atoms with Crippen LogP contribution < -0.4 is 0 Å². The summed E-state index contributed by atoms with van der Waals surface area (Å²) >= 11 is 11.6. The summed E-state index contributed by atoms with van der Waals surface area (Å²) in [4.78, 5) is 4.43. The lowest BCUT2D eigenvalue weighted by molar-refractivity contribution is 0.0374. The van der Waals surface area contributed by atoms with Crippen LogP contribution >= 0.6 is 24.4 Å². The van der Waals surface area contributed by atoms with E-state index >= 15 is 0 Å². The topological polar surface area (TPSA) is 76.7 Å². The third-order valence-electron chi connectivity index (χ3n) is 8.69. The normalized spacial score (nSPS) is 15.6. The summed E-state index contributed by atoms with van der Waals surface area (Å²) < 4.78 is 62.3. The van der Waals surface area contributed by atoms with Crippen molar-refractivity contribution in [2.24, 2.45) is 10.2 Å². The molecule has 0 aliphatic carbocycles. The number of benzene rings is 4. The smallest absolute Gasteiger partial charge is 0.220 e. The first-order chi connectivity index (χ1) is 25.6. The van der Waals surface area contributed by atoms with Gasteiger partial charge in [-0.15, -0.1) is 10.2 Å². The van der Waals surface area contributed by atoms with Gasteiger partial charge in [0.05, 0.1) is 25.8 Å². The largest absolute Gasteiger partial charge is 0.281 e. The van der Waals surface area contributed by atoms with Crippen molar-refractivity contribution in [2.75, 3.05) is 19.6 Å². The molecular formula is C37H32F4N10S2. The Hall–Kier alpha value is -5.42. The van der Waals surface area contributed by atoms with E-state index in [1.165, 1.54) is 57.9 Å². The van der Waals surface area contributed by atoms with E-state index in [9.17, 15) is 17.6 Å². The van der Waals surface area contributed by atoms with Crippen LogP contribution in [-0.4, -0.2) is 76.8 Å². The third-order valence-corrected chi connectivity index (χ3v) is 9.45. The Bertz CT molecular complexity index is 2420. The van der Waals surface area contributed by atoms with Crippen molar-refractivity contribution in [2.45, 2.75) is 26.3 Å². The Morgan fingerprint density at radius 1 is 0.642 bits per heavy atom. The highest BCUT2D eigenvalue weighted by atomic mass is 32.1. The van der Waals surface area contributed by atoms with E-state index in [-0.39, 0.29) is 17.7 Å². The van der Waals surface area contributed by atoms with Crippen LogP contribution in [0.4, 0.5) is 17.6 Å². The lowest BCUT2D eigenvalue weighted by Gasteiger charge is -2.39. The fraction of sp³-hybridized carbons (Fsp3) is 0.189. The first kappa shape index (κ1) is 36.0. The van der Waals surface area contributed by atoms with Crippen LogP contribution in [0.15, 0.2) is 107 Å². The summed E-state index contributed by atoms with van der Waals surface area (Å²) in [5.41, 5.74) is 2.31. The van der Waals surface area contributed by atoms with Crippen molar-refractivity contribution in [1.29, 1.82) is 0 Å². The summed E-state index contributed by atoms with van der Waals surface area (Å²) in [6, 6.07) is 23.9. The van der Waals surface area contributed by atoms with Gasteiger partial charge >= 0.3 is 0 Å². The standard InChI is InChI=1S/C37H32F4N10S2/c1-25-22-46(23-48-36(52)50(42-20-26-8-12-30(38)13-9-26)34(44-48)28-4-2-6-32(40)18-28)16-17-47(25)24-49-37(53)51(43-21-27-10-14-31(39)15-11-27)35(45-49)29-5-3-7-33(41)19-29/h2-15,18-21,25H,16-17,22-24H2,1H3/b42-20+,43-21+. The van der Waals surface area contributed by atoms with E-state index in [1.807, 2.05) is 0 Å². The minimum atomic E-state index is -0.422. The molecular weight excluding hydrogens is 725 g/mol. The number of hydrogen-bond acceptors (Lipinski definition) is 8. The van der Waals surface area contributed by atoms with Gasteiger partial charge in [-0.05, 0) is 91.0 Å². The van der Waals surface area contributed by atoms with Crippen molar-refractivity contribution in [3.05, 3.63) is 141 Å². The number of nitrogens with zero attached hydrogens (tertiary/aromatic N) is 10. The average Bonchev–Trinajstić information content (AvgIpc) is 3.63. The van der Waals surface area contributed by atoms with Crippen LogP contribution in [-0.2, 0) is 13.3 Å². The molecule has 1 atom stereocenters. The molecule has 1 fully saturated rings. The molecule has 10 nitrogen and oxygen atoms in total. The zero-order chi connectivity index (χ0) is 37.1. The van der Waals surface area contributed by atoms with Gasteiger partial charge in [-0.3, -0.25) is 9.80 Å². The van der Waals surface area contributed by atoms with Gasteiger partial charge in [0.2, 0.25) is 9.54 Å². The van der Waals surface area contributed by atoms with E-state index in [2.05, 4.69) is 26.9 Å². The summed E-state index contributed by atoms with van der Waals surface area (Å²) in [5, 5.41) is 18.6. The number of aromatic nitrogens is 6. The molecule has 1 aliphatic rings. The van der Waals surface area contributed by atoms with Crippen molar-refractivity contribution in [3.8, 4) is 22.8 Å². The Labute approximate surface area is 312 Å². The quantitative estimate of drug-likeness (QED) is 0.0824. The van der Waals surface area contributed by atoms with Crippen LogP contribution in [0.2, 0.25) is 0 Å². The van der Waals surface area contributed by atoms with E-state index in [4.69, 9.17) is 34.6 Å². The molecule has 0 N–H and O–H groups in total. The van der Waals surface area contributed by atoms with Gasteiger partial charge in [0.15, 0.2) is 11.6 Å². The zero-order valence-corrected chi connectivity index (χ0v) is 29.9. The van der Waals surface area contributed by atoms with E-state index in [0.717, 1.165) is 0 Å². The van der Waals surface area contributed by atoms with Crippen LogP contribution in [0.1, 0.15) is 18.1 Å². The second-order valence-corrected chi connectivity index (χ2v) is 13.2. The van der Waals surface area contributed by atoms with Crippen LogP contribution in [0.25, 0.3) is 22.8 Å². The van der Waals surface area contributed by atoms with Gasteiger partial charge in [-0.2, -0.15) is 19.6 Å². The van der Waals surface area contributed by atoms with Gasteiger partial charge in [0.25, 0.3) is 0 Å². The number of piperazine rings is 1. The lowest BCUT2D eigenvalue weighted by atomic mass is 10.2. The lowest BCUT2D eigenvalue weighted by Crippen LogP contribution is -2.52. The monoisotopic (exact) mass is 756 g/mol. The van der Waals surface area contributed by atoms with Gasteiger partial charge < -0.3 is 0 Å². The molecule has 0 amide bonds. The molecule has 16 heteroatoms. The molecule has 3 heterocycles. The van der Waals surface area contributed by atoms with Crippen LogP contribution in [0, 0.1) is 32.8 Å². The van der Waals surface area contributed by atoms with Gasteiger partial charge in [0, 0.05) is 36.8 Å². The highest BCUT2D eigenvalue weighted by Crippen LogP contribution is 2.23. The molecule has 0 spiro atoms. The molecule has 0 bridgehead atoms.